The number of aliphatic carboxylic acids is 1. The molecule has 0 aromatic heterocycles. The molecule has 7 heteroatoms. The van der Waals surface area contributed by atoms with Crippen molar-refractivity contribution in [3.8, 4) is 11.1 Å². The van der Waals surface area contributed by atoms with Gasteiger partial charge in [0.25, 0.3) is 0 Å². The average Bonchev–Trinajstić information content (AvgIpc) is 3.33. The summed E-state index contributed by atoms with van der Waals surface area (Å²) in [5.74, 6) is 0.253. The van der Waals surface area contributed by atoms with E-state index in [1.54, 1.807) is 4.90 Å². The molecule has 182 valence electrons. The maximum absolute atomic E-state index is 12.8. The second kappa shape index (κ2) is 8.70. The Balaban J connectivity index is 0.999. The molecule has 1 aliphatic heterocycles. The van der Waals surface area contributed by atoms with Gasteiger partial charge in [0.1, 0.15) is 6.61 Å². The molecule has 2 saturated carbocycles. The second-order valence-corrected chi connectivity index (χ2v) is 10.6. The van der Waals surface area contributed by atoms with E-state index in [2.05, 4.69) is 29.6 Å². The molecule has 3 aliphatic carbocycles. The molecule has 0 spiro atoms. The Kier molecular flexibility index (Phi) is 5.50. The van der Waals surface area contributed by atoms with Crippen LogP contribution in [0.15, 0.2) is 48.5 Å². The standard InChI is InChI=1S/C28H30N2O5/c31-26(32)9-16-13-30(14-16)27(33)18-10-17-12-25(23(17)11-18)29-28(34)35-15-24-21-7-3-1-5-19(21)20-6-2-4-8-22(20)24/h1-8,16-18,23-25H,9-15H2,(H,29,34)(H,31,32)/t17-,18?,23-,25+/m1/s1. The van der Waals surface area contributed by atoms with Crippen molar-refractivity contribution in [3.05, 3.63) is 59.7 Å². The highest BCUT2D eigenvalue weighted by atomic mass is 16.5. The lowest BCUT2D eigenvalue weighted by Gasteiger charge is -2.40. The van der Waals surface area contributed by atoms with Gasteiger partial charge in [-0.25, -0.2) is 4.79 Å². The molecular weight excluding hydrogens is 444 g/mol. The first-order chi connectivity index (χ1) is 17.0. The fraction of sp³-hybridized carbons (Fsp3) is 0.464. The number of likely N-dealkylation sites (tertiary alicyclic amines) is 1. The van der Waals surface area contributed by atoms with E-state index in [-0.39, 0.29) is 42.2 Å². The van der Waals surface area contributed by atoms with Crippen molar-refractivity contribution in [1.29, 1.82) is 0 Å². The molecule has 2 amide bonds. The number of carbonyl (C=O) groups excluding carboxylic acids is 2. The number of fused-ring (bicyclic) bond motifs is 4. The smallest absolute Gasteiger partial charge is 0.407 e. The van der Waals surface area contributed by atoms with Crippen molar-refractivity contribution in [3.63, 3.8) is 0 Å². The maximum atomic E-state index is 12.8. The van der Waals surface area contributed by atoms with E-state index in [9.17, 15) is 14.4 Å². The highest BCUT2D eigenvalue weighted by Crippen LogP contribution is 2.50. The summed E-state index contributed by atoms with van der Waals surface area (Å²) >= 11 is 0. The Labute approximate surface area is 204 Å². The van der Waals surface area contributed by atoms with Gasteiger partial charge < -0.3 is 20.1 Å². The number of hydrogen-bond donors (Lipinski definition) is 2. The van der Waals surface area contributed by atoms with Crippen LogP contribution < -0.4 is 5.32 Å². The quantitative estimate of drug-likeness (QED) is 0.663. The maximum Gasteiger partial charge on any atom is 0.407 e. The van der Waals surface area contributed by atoms with Gasteiger partial charge in [-0.15, -0.1) is 0 Å². The topological polar surface area (TPSA) is 95.9 Å². The van der Waals surface area contributed by atoms with Crippen molar-refractivity contribution in [2.45, 2.75) is 37.6 Å². The number of nitrogens with one attached hydrogen (secondary N) is 1. The van der Waals surface area contributed by atoms with Crippen molar-refractivity contribution >= 4 is 18.0 Å². The number of carboxylic acid groups (broad SMARTS) is 1. The van der Waals surface area contributed by atoms with Gasteiger partial charge in [0.15, 0.2) is 0 Å². The number of hydrogen-bond acceptors (Lipinski definition) is 4. The normalized spacial score (nSPS) is 26.7. The molecule has 2 aromatic carbocycles. The fourth-order valence-electron chi connectivity index (χ4n) is 6.77. The van der Waals surface area contributed by atoms with Gasteiger partial charge in [0.2, 0.25) is 5.91 Å². The number of nitrogens with zero attached hydrogens (tertiary/aromatic N) is 1. The summed E-state index contributed by atoms with van der Waals surface area (Å²) in [5, 5.41) is 12.0. The summed E-state index contributed by atoms with van der Waals surface area (Å²) < 4.78 is 5.70. The minimum absolute atomic E-state index is 0.00918. The first-order valence-corrected chi connectivity index (χ1v) is 12.6. The Hall–Kier alpha value is -3.35. The van der Waals surface area contributed by atoms with Gasteiger partial charge in [-0.2, -0.15) is 0 Å². The van der Waals surface area contributed by atoms with Crippen LogP contribution in [-0.4, -0.2) is 53.7 Å². The molecule has 1 unspecified atom stereocenters. The lowest BCUT2D eigenvalue weighted by atomic mass is 9.71. The molecule has 6 rings (SSSR count). The summed E-state index contributed by atoms with van der Waals surface area (Å²) in [4.78, 5) is 38.1. The molecule has 4 aliphatic rings. The van der Waals surface area contributed by atoms with E-state index in [1.165, 1.54) is 22.3 Å². The van der Waals surface area contributed by atoms with E-state index >= 15 is 0 Å². The Morgan fingerprint density at radius 1 is 0.943 bits per heavy atom. The first-order valence-electron chi connectivity index (χ1n) is 12.6. The van der Waals surface area contributed by atoms with E-state index < -0.39 is 5.97 Å². The number of benzene rings is 2. The van der Waals surface area contributed by atoms with Crippen molar-refractivity contribution in [2.24, 2.45) is 23.7 Å². The SMILES string of the molecule is O=C(O)CC1CN(C(=O)C2C[C@@H]3C[C@H](NC(=O)OCC4c5ccccc5-c5ccccc54)[C@@H]3C2)C1. The molecule has 2 N–H and O–H groups in total. The lowest BCUT2D eigenvalue weighted by Crippen LogP contribution is -2.52. The van der Waals surface area contributed by atoms with Gasteiger partial charge in [-0.1, -0.05) is 48.5 Å². The third-order valence-electron chi connectivity index (χ3n) is 8.55. The summed E-state index contributed by atoms with van der Waals surface area (Å²) in [7, 11) is 0. The number of amides is 2. The number of carbonyl (C=O) groups is 3. The third-order valence-corrected chi connectivity index (χ3v) is 8.55. The fourth-order valence-corrected chi connectivity index (χ4v) is 6.77. The molecule has 1 saturated heterocycles. The van der Waals surface area contributed by atoms with Gasteiger partial charge in [0, 0.05) is 36.9 Å². The zero-order chi connectivity index (χ0) is 24.1. The van der Waals surface area contributed by atoms with E-state index in [4.69, 9.17) is 9.84 Å². The van der Waals surface area contributed by atoms with Crippen molar-refractivity contribution in [2.75, 3.05) is 19.7 Å². The van der Waals surface area contributed by atoms with Crippen LogP contribution in [0, 0.1) is 23.7 Å². The molecular formula is C28H30N2O5. The van der Waals surface area contributed by atoms with Crippen LogP contribution in [0.2, 0.25) is 0 Å². The first kappa shape index (κ1) is 22.1. The number of alkyl carbamates (subject to hydrolysis) is 1. The van der Waals surface area contributed by atoms with Crippen molar-refractivity contribution < 1.29 is 24.2 Å². The predicted molar refractivity (Wildman–Crippen MR) is 129 cm³/mol. The van der Waals surface area contributed by atoms with Crippen LogP contribution in [0.5, 0.6) is 0 Å². The summed E-state index contributed by atoms with van der Waals surface area (Å²) in [5.41, 5.74) is 4.80. The number of rotatable bonds is 6. The predicted octanol–water partition coefficient (Wildman–Crippen LogP) is 3.87. The molecule has 0 bridgehead atoms. The minimum Gasteiger partial charge on any atom is -0.481 e. The molecule has 7 nitrogen and oxygen atoms in total. The largest absolute Gasteiger partial charge is 0.481 e. The Bertz CT molecular complexity index is 1130. The van der Waals surface area contributed by atoms with Gasteiger partial charge in [-0.05, 0) is 53.4 Å². The van der Waals surface area contributed by atoms with Gasteiger partial charge in [0.05, 0.1) is 6.42 Å². The van der Waals surface area contributed by atoms with Crippen LogP contribution in [0.4, 0.5) is 4.79 Å². The summed E-state index contributed by atoms with van der Waals surface area (Å²) in [6.07, 6.45) is 2.29. The van der Waals surface area contributed by atoms with E-state index in [0.29, 0.717) is 31.5 Å². The average molecular weight is 475 g/mol. The summed E-state index contributed by atoms with van der Waals surface area (Å²) in [6, 6.07) is 16.6. The monoisotopic (exact) mass is 474 g/mol. The van der Waals surface area contributed by atoms with Gasteiger partial charge in [-0.3, -0.25) is 9.59 Å². The minimum atomic E-state index is -0.803. The summed E-state index contributed by atoms with van der Waals surface area (Å²) in [6.45, 7) is 1.41. The van der Waals surface area contributed by atoms with Crippen LogP contribution in [0.3, 0.4) is 0 Å². The molecule has 0 radical (unpaired) electrons. The highest BCUT2D eigenvalue weighted by molar-refractivity contribution is 5.81. The van der Waals surface area contributed by atoms with Crippen LogP contribution in [0.25, 0.3) is 11.1 Å². The molecule has 2 aromatic rings. The number of ether oxygens (including phenoxy) is 1. The van der Waals surface area contributed by atoms with E-state index in [0.717, 1.165) is 19.3 Å². The van der Waals surface area contributed by atoms with E-state index in [1.807, 2.05) is 24.3 Å². The third kappa shape index (κ3) is 3.97. The Morgan fingerprint density at radius 3 is 2.26 bits per heavy atom. The van der Waals surface area contributed by atoms with Crippen LogP contribution >= 0.6 is 0 Å². The Morgan fingerprint density at radius 2 is 1.60 bits per heavy atom. The second-order valence-electron chi connectivity index (χ2n) is 10.6. The number of carboxylic acids is 1. The van der Waals surface area contributed by atoms with Crippen LogP contribution in [0.1, 0.15) is 42.7 Å². The zero-order valence-electron chi connectivity index (χ0n) is 19.6. The molecule has 35 heavy (non-hydrogen) atoms. The molecule has 4 atom stereocenters. The van der Waals surface area contributed by atoms with Gasteiger partial charge >= 0.3 is 12.1 Å². The zero-order valence-corrected chi connectivity index (χ0v) is 19.6. The molecule has 3 fully saturated rings. The highest BCUT2D eigenvalue weighted by Gasteiger charge is 2.51. The van der Waals surface area contributed by atoms with Crippen molar-refractivity contribution in [1.82, 2.24) is 10.2 Å². The lowest BCUT2D eigenvalue weighted by molar-refractivity contribution is -0.147. The van der Waals surface area contributed by atoms with Crippen LogP contribution in [-0.2, 0) is 14.3 Å². The molecule has 1 heterocycles.